The van der Waals surface area contributed by atoms with Gasteiger partial charge in [-0.3, -0.25) is 13.7 Å². The molecule has 0 saturated heterocycles. The van der Waals surface area contributed by atoms with Gasteiger partial charge in [-0.15, -0.1) is 0 Å². The van der Waals surface area contributed by atoms with Gasteiger partial charge in [0.1, 0.15) is 6.10 Å². The molecule has 2 atom stereocenters. The van der Waals surface area contributed by atoms with Crippen LogP contribution >= 0.6 is 0 Å². The molecule has 0 aliphatic carbocycles. The van der Waals surface area contributed by atoms with Gasteiger partial charge in [0.15, 0.2) is 11.6 Å². The summed E-state index contributed by atoms with van der Waals surface area (Å²) in [6, 6.07) is 16.0. The van der Waals surface area contributed by atoms with Crippen molar-refractivity contribution in [1.29, 1.82) is 0 Å². The van der Waals surface area contributed by atoms with E-state index in [0.29, 0.717) is 21.9 Å². The van der Waals surface area contributed by atoms with E-state index in [9.17, 15) is 9.00 Å². The molecule has 0 saturated carbocycles. The molecular formula is C25H25N5O3S. The molecule has 0 aliphatic rings. The van der Waals surface area contributed by atoms with Crippen molar-refractivity contribution in [2.24, 2.45) is 7.05 Å². The minimum absolute atomic E-state index is 0.282. The number of hydrogen-bond donors (Lipinski definition) is 2. The van der Waals surface area contributed by atoms with Crippen molar-refractivity contribution >= 4 is 28.2 Å². The van der Waals surface area contributed by atoms with Crippen molar-refractivity contribution in [3.63, 3.8) is 0 Å². The quantitative estimate of drug-likeness (QED) is 0.414. The second-order valence-corrected chi connectivity index (χ2v) is 9.21. The van der Waals surface area contributed by atoms with Crippen molar-refractivity contribution in [1.82, 2.24) is 14.8 Å². The molecule has 4 aromatic rings. The molecule has 3 N–H and O–H groups in total. The van der Waals surface area contributed by atoms with Crippen molar-refractivity contribution < 1.29 is 13.7 Å². The molecule has 2 unspecified atom stereocenters. The number of pyridine rings is 1. The molecule has 2 aromatic carbocycles. The topological polar surface area (TPSA) is 112 Å². The summed E-state index contributed by atoms with van der Waals surface area (Å²) in [6.07, 6.45) is 6.55. The van der Waals surface area contributed by atoms with Crippen molar-refractivity contribution in [2.75, 3.05) is 17.3 Å². The predicted molar refractivity (Wildman–Crippen MR) is 133 cm³/mol. The van der Waals surface area contributed by atoms with Crippen LogP contribution in [0.2, 0.25) is 0 Å². The molecule has 9 heteroatoms. The summed E-state index contributed by atoms with van der Waals surface area (Å²) in [5.41, 5.74) is 9.73. The first-order valence-electron chi connectivity index (χ1n) is 10.6. The largest absolute Gasteiger partial charge is 0.482 e. The zero-order chi connectivity index (χ0) is 24.2. The molecule has 0 aliphatic heterocycles. The number of carbonyl (C=O) groups is 1. The number of hydrogen-bond acceptors (Lipinski definition) is 6. The van der Waals surface area contributed by atoms with Crippen LogP contribution in [0, 0.1) is 0 Å². The Kier molecular flexibility index (Phi) is 6.74. The molecule has 0 fully saturated rings. The molecular weight excluding hydrogens is 450 g/mol. The van der Waals surface area contributed by atoms with E-state index in [1.807, 2.05) is 44.4 Å². The van der Waals surface area contributed by atoms with E-state index >= 15 is 0 Å². The number of nitrogens with two attached hydrogens (primary N) is 1. The number of nitrogens with one attached hydrogen (secondary N) is 1. The molecule has 2 heterocycles. The predicted octanol–water partition coefficient (Wildman–Crippen LogP) is 4.19. The minimum atomic E-state index is -1.16. The molecule has 4 rings (SSSR count). The summed E-state index contributed by atoms with van der Waals surface area (Å²) < 4.78 is 19.6. The Morgan fingerprint density at radius 2 is 1.91 bits per heavy atom. The molecule has 8 nitrogen and oxygen atoms in total. The zero-order valence-corrected chi connectivity index (χ0v) is 19.9. The van der Waals surface area contributed by atoms with Gasteiger partial charge in [-0.25, -0.2) is 4.98 Å². The third kappa shape index (κ3) is 5.32. The van der Waals surface area contributed by atoms with Crippen molar-refractivity contribution in [3.05, 3.63) is 84.3 Å². The average Bonchev–Trinajstić information content (AvgIpc) is 3.27. The van der Waals surface area contributed by atoms with E-state index in [2.05, 4.69) is 15.4 Å². The summed E-state index contributed by atoms with van der Waals surface area (Å²) in [4.78, 5) is 17.6. The molecule has 174 valence electrons. The van der Waals surface area contributed by atoms with Crippen LogP contribution in [0.5, 0.6) is 5.75 Å². The first-order valence-corrected chi connectivity index (χ1v) is 12.1. The van der Waals surface area contributed by atoms with Gasteiger partial charge < -0.3 is 15.8 Å². The molecule has 34 heavy (non-hydrogen) atoms. The monoisotopic (exact) mass is 475 g/mol. The van der Waals surface area contributed by atoms with Crippen LogP contribution < -0.4 is 15.8 Å². The van der Waals surface area contributed by atoms with Crippen LogP contribution in [-0.2, 0) is 17.8 Å². The van der Waals surface area contributed by atoms with Gasteiger partial charge in [0.25, 0.3) is 5.91 Å². The standard InChI is InChI=1S/C25H25N5O3S/c1-16(33-23-12-19(13-27-24(23)26)20-14-28-30(2)15-20)17-6-4-8-21(10-17)29-25(31)18-7-5-9-22(11-18)34(3)32/h4-16H,1-3H3,(H2,26,27)(H,29,31). The van der Waals surface area contributed by atoms with Crippen LogP contribution in [0.3, 0.4) is 0 Å². The maximum Gasteiger partial charge on any atom is 0.255 e. The van der Waals surface area contributed by atoms with E-state index in [-0.39, 0.29) is 17.8 Å². The number of nitrogens with zero attached hydrogens (tertiary/aromatic N) is 3. The first-order chi connectivity index (χ1) is 16.3. The lowest BCUT2D eigenvalue weighted by atomic mass is 10.1. The second-order valence-electron chi connectivity index (χ2n) is 7.83. The highest BCUT2D eigenvalue weighted by atomic mass is 32.2. The Labute approximate surface area is 200 Å². The number of anilines is 2. The number of aromatic nitrogens is 3. The number of aryl methyl sites for hydroxylation is 1. The number of rotatable bonds is 7. The van der Waals surface area contributed by atoms with E-state index in [4.69, 9.17) is 10.5 Å². The highest BCUT2D eigenvalue weighted by molar-refractivity contribution is 7.84. The van der Waals surface area contributed by atoms with Crippen LogP contribution in [0.4, 0.5) is 11.5 Å². The lowest BCUT2D eigenvalue weighted by molar-refractivity contribution is 0.102. The third-order valence-electron chi connectivity index (χ3n) is 5.27. The van der Waals surface area contributed by atoms with Gasteiger partial charge >= 0.3 is 0 Å². The Hall–Kier alpha value is -3.98. The first kappa shape index (κ1) is 23.2. The fourth-order valence-electron chi connectivity index (χ4n) is 3.42. The Morgan fingerprint density at radius 1 is 1.12 bits per heavy atom. The van der Waals surface area contributed by atoms with Gasteiger partial charge in [-0.1, -0.05) is 18.2 Å². The summed E-state index contributed by atoms with van der Waals surface area (Å²) >= 11 is 0. The smallest absolute Gasteiger partial charge is 0.255 e. The second kappa shape index (κ2) is 9.88. The van der Waals surface area contributed by atoms with E-state index in [1.54, 1.807) is 53.7 Å². The lowest BCUT2D eigenvalue weighted by Crippen LogP contribution is -2.13. The average molecular weight is 476 g/mol. The van der Waals surface area contributed by atoms with Crippen LogP contribution in [-0.4, -0.2) is 31.1 Å². The highest BCUT2D eigenvalue weighted by Crippen LogP contribution is 2.31. The van der Waals surface area contributed by atoms with E-state index in [1.165, 1.54) is 0 Å². The number of ether oxygens (including phenoxy) is 1. The van der Waals surface area contributed by atoms with Gasteiger partial charge in [-0.05, 0) is 48.9 Å². The number of benzene rings is 2. The normalized spacial score (nSPS) is 12.7. The summed E-state index contributed by atoms with van der Waals surface area (Å²) in [6.45, 7) is 1.90. The third-order valence-corrected chi connectivity index (χ3v) is 6.18. The molecule has 0 bridgehead atoms. The molecule has 0 spiro atoms. The summed E-state index contributed by atoms with van der Waals surface area (Å²) in [5.74, 6) is 0.473. The molecule has 2 aromatic heterocycles. The fourth-order valence-corrected chi connectivity index (χ4v) is 3.99. The molecule has 0 radical (unpaired) electrons. The Balaban J connectivity index is 1.50. The number of carbonyl (C=O) groups excluding carboxylic acids is 1. The van der Waals surface area contributed by atoms with Gasteiger partial charge in [0.2, 0.25) is 0 Å². The summed E-state index contributed by atoms with van der Waals surface area (Å²) in [5, 5.41) is 7.08. The number of amides is 1. The zero-order valence-electron chi connectivity index (χ0n) is 19.1. The van der Waals surface area contributed by atoms with E-state index < -0.39 is 10.8 Å². The Bertz CT molecular complexity index is 1370. The van der Waals surface area contributed by atoms with Gasteiger partial charge in [0, 0.05) is 63.8 Å². The minimum Gasteiger partial charge on any atom is -0.482 e. The van der Waals surface area contributed by atoms with Crippen LogP contribution in [0.25, 0.3) is 11.1 Å². The number of nitrogen functional groups attached to an aromatic ring is 1. The summed E-state index contributed by atoms with van der Waals surface area (Å²) in [7, 11) is 0.685. The van der Waals surface area contributed by atoms with Crippen molar-refractivity contribution in [3.8, 4) is 16.9 Å². The lowest BCUT2D eigenvalue weighted by Gasteiger charge is -2.17. The van der Waals surface area contributed by atoms with Gasteiger partial charge in [0.05, 0.1) is 6.20 Å². The van der Waals surface area contributed by atoms with Gasteiger partial charge in [-0.2, -0.15) is 5.10 Å². The van der Waals surface area contributed by atoms with E-state index in [0.717, 1.165) is 16.7 Å². The van der Waals surface area contributed by atoms with Crippen molar-refractivity contribution in [2.45, 2.75) is 17.9 Å². The maximum atomic E-state index is 12.7. The maximum absolute atomic E-state index is 12.7. The molecule has 1 amide bonds. The SMILES string of the molecule is CC(Oc1cc(-c2cnn(C)c2)cnc1N)c1cccc(NC(=O)c2cccc(S(C)=O)c2)c1. The van der Waals surface area contributed by atoms with Crippen LogP contribution in [0.1, 0.15) is 28.9 Å². The Morgan fingerprint density at radius 3 is 2.65 bits per heavy atom. The highest BCUT2D eigenvalue weighted by Gasteiger charge is 2.14. The fraction of sp³-hybridized carbons (Fsp3) is 0.160. The van der Waals surface area contributed by atoms with Crippen LogP contribution in [0.15, 0.2) is 78.1 Å².